The van der Waals surface area contributed by atoms with Crippen LogP contribution in [-0.4, -0.2) is 10.9 Å². The van der Waals surface area contributed by atoms with Crippen LogP contribution in [0.2, 0.25) is 0 Å². The molecule has 1 fully saturated rings. The monoisotopic (exact) mass is 150 g/mol. The van der Waals surface area contributed by atoms with Crippen molar-refractivity contribution in [3.63, 3.8) is 0 Å². The first-order chi connectivity index (χ1) is 4.43. The summed E-state index contributed by atoms with van der Waals surface area (Å²) < 4.78 is 0. The van der Waals surface area contributed by atoms with Gasteiger partial charge in [0, 0.05) is 0 Å². The fraction of sp³-hybridized carbons (Fsp3) is 0.857. The van der Waals surface area contributed by atoms with Gasteiger partial charge in [-0.1, -0.05) is 18.0 Å². The Labute approximate surface area is 84.0 Å². The van der Waals surface area contributed by atoms with Gasteiger partial charge in [-0.05, 0) is 25.7 Å². The number of nitrogens with zero attached hydrogens (tertiary/aromatic N) is 1. The quantitative estimate of drug-likeness (QED) is 0.208. The van der Waals surface area contributed by atoms with Gasteiger partial charge in [-0.2, -0.15) is 0 Å². The summed E-state index contributed by atoms with van der Waals surface area (Å²) in [6.07, 6.45) is 7.05. The molecule has 0 aromatic heterocycles. The number of hydrogen-bond donors (Lipinski definition) is 1. The first-order valence-corrected chi connectivity index (χ1v) is 3.63. The van der Waals surface area contributed by atoms with Crippen LogP contribution in [0.25, 0.3) is 0 Å². The molecule has 10 heavy (non-hydrogen) atoms. The van der Waals surface area contributed by atoms with Crippen LogP contribution in [0.1, 0.15) is 38.5 Å². The van der Waals surface area contributed by atoms with Crippen molar-refractivity contribution in [2.45, 2.75) is 38.5 Å². The fourth-order valence-electron chi connectivity index (χ4n) is 1.24. The molecule has 0 aromatic rings. The molecule has 0 spiro atoms. The first kappa shape index (κ1) is 10.5. The summed E-state index contributed by atoms with van der Waals surface area (Å²) in [5.41, 5.74) is 0.993. The van der Waals surface area contributed by atoms with Crippen molar-refractivity contribution in [2.75, 3.05) is 0 Å². The van der Waals surface area contributed by atoms with Gasteiger partial charge < -0.3 is 5.21 Å². The molecule has 2 nitrogen and oxygen atoms in total. The van der Waals surface area contributed by atoms with Crippen LogP contribution < -0.4 is 29.6 Å². The Kier molecular flexibility index (Phi) is 6.49. The standard InChI is InChI=1S/C7H13NO.Na/c9-8-7-5-3-1-2-4-6-7;/h9H,1-6H2;/q;+1. The Bertz CT molecular complexity index is 104. The Hall–Kier alpha value is 0.470. The molecular formula is C7H13NNaO+. The Balaban J connectivity index is 0.000000810. The molecule has 1 N–H and O–H groups in total. The van der Waals surface area contributed by atoms with Crippen molar-refractivity contribution in [3.05, 3.63) is 0 Å². The predicted octanol–water partition coefficient (Wildman–Crippen LogP) is -0.825. The zero-order chi connectivity index (χ0) is 6.53. The van der Waals surface area contributed by atoms with Gasteiger partial charge in [0.05, 0.1) is 5.71 Å². The third-order valence-corrected chi connectivity index (χ3v) is 1.82. The van der Waals surface area contributed by atoms with Gasteiger partial charge in [0.25, 0.3) is 0 Å². The molecule has 0 amide bonds. The molecule has 0 aliphatic heterocycles. The zero-order valence-electron chi connectivity index (χ0n) is 6.64. The van der Waals surface area contributed by atoms with Crippen LogP contribution in [0.3, 0.4) is 0 Å². The molecule has 1 rings (SSSR count). The van der Waals surface area contributed by atoms with Gasteiger partial charge >= 0.3 is 29.6 Å². The molecule has 0 atom stereocenters. The van der Waals surface area contributed by atoms with Crippen LogP contribution in [0, 0.1) is 0 Å². The van der Waals surface area contributed by atoms with Gasteiger partial charge in [-0.3, -0.25) is 0 Å². The first-order valence-electron chi connectivity index (χ1n) is 3.63. The van der Waals surface area contributed by atoms with Crippen LogP contribution in [0.15, 0.2) is 5.16 Å². The average Bonchev–Trinajstić information content (AvgIpc) is 2.13. The molecule has 3 heteroatoms. The van der Waals surface area contributed by atoms with E-state index in [1.807, 2.05) is 0 Å². The van der Waals surface area contributed by atoms with Crippen LogP contribution >= 0.6 is 0 Å². The normalized spacial score (nSPS) is 19.0. The second-order valence-electron chi connectivity index (χ2n) is 2.58. The van der Waals surface area contributed by atoms with Crippen molar-refractivity contribution in [1.82, 2.24) is 0 Å². The van der Waals surface area contributed by atoms with E-state index in [-0.39, 0.29) is 29.6 Å². The average molecular weight is 150 g/mol. The van der Waals surface area contributed by atoms with E-state index in [9.17, 15) is 0 Å². The maximum atomic E-state index is 8.40. The second-order valence-corrected chi connectivity index (χ2v) is 2.58. The van der Waals surface area contributed by atoms with Crippen molar-refractivity contribution >= 4 is 5.71 Å². The molecule has 52 valence electrons. The summed E-state index contributed by atoms with van der Waals surface area (Å²) >= 11 is 0. The van der Waals surface area contributed by atoms with E-state index >= 15 is 0 Å². The van der Waals surface area contributed by atoms with E-state index in [4.69, 9.17) is 5.21 Å². The van der Waals surface area contributed by atoms with Crippen LogP contribution in [0.5, 0.6) is 0 Å². The SMILES string of the molecule is ON=C1CCCCCC1.[Na+]. The molecular weight excluding hydrogens is 137 g/mol. The zero-order valence-corrected chi connectivity index (χ0v) is 8.64. The molecule has 0 bridgehead atoms. The molecule has 0 radical (unpaired) electrons. The number of oxime groups is 1. The molecule has 1 aliphatic carbocycles. The summed E-state index contributed by atoms with van der Waals surface area (Å²) in [6.45, 7) is 0. The number of hydrogen-bond acceptors (Lipinski definition) is 2. The maximum absolute atomic E-state index is 8.40. The summed E-state index contributed by atoms with van der Waals surface area (Å²) in [5.74, 6) is 0. The third kappa shape index (κ3) is 3.59. The third-order valence-electron chi connectivity index (χ3n) is 1.82. The number of rotatable bonds is 0. The molecule has 1 aliphatic rings. The maximum Gasteiger partial charge on any atom is 1.00 e. The molecule has 0 saturated heterocycles. The van der Waals surface area contributed by atoms with Crippen molar-refractivity contribution < 1.29 is 34.8 Å². The Morgan fingerprint density at radius 1 is 1.00 bits per heavy atom. The molecule has 1 saturated carbocycles. The Morgan fingerprint density at radius 3 is 1.90 bits per heavy atom. The summed E-state index contributed by atoms with van der Waals surface area (Å²) in [5, 5.41) is 11.6. The topological polar surface area (TPSA) is 32.6 Å². The fourth-order valence-corrected chi connectivity index (χ4v) is 1.24. The summed E-state index contributed by atoms with van der Waals surface area (Å²) in [6, 6.07) is 0. The van der Waals surface area contributed by atoms with Crippen molar-refractivity contribution in [2.24, 2.45) is 5.16 Å². The van der Waals surface area contributed by atoms with Gasteiger partial charge in [0.15, 0.2) is 0 Å². The van der Waals surface area contributed by atoms with E-state index in [1.165, 1.54) is 25.7 Å². The molecule has 0 unspecified atom stereocenters. The van der Waals surface area contributed by atoms with Gasteiger partial charge in [0.1, 0.15) is 0 Å². The van der Waals surface area contributed by atoms with Gasteiger partial charge in [0.2, 0.25) is 0 Å². The molecule has 0 aromatic carbocycles. The van der Waals surface area contributed by atoms with Crippen molar-refractivity contribution in [1.29, 1.82) is 0 Å². The van der Waals surface area contributed by atoms with Gasteiger partial charge in [-0.25, -0.2) is 0 Å². The van der Waals surface area contributed by atoms with E-state index in [0.717, 1.165) is 18.6 Å². The van der Waals surface area contributed by atoms with E-state index in [2.05, 4.69) is 5.16 Å². The molecule has 0 heterocycles. The van der Waals surface area contributed by atoms with Crippen LogP contribution in [-0.2, 0) is 0 Å². The van der Waals surface area contributed by atoms with E-state index in [0.29, 0.717) is 0 Å². The van der Waals surface area contributed by atoms with E-state index < -0.39 is 0 Å². The van der Waals surface area contributed by atoms with Crippen LogP contribution in [0.4, 0.5) is 0 Å². The summed E-state index contributed by atoms with van der Waals surface area (Å²) in [4.78, 5) is 0. The Morgan fingerprint density at radius 2 is 1.50 bits per heavy atom. The summed E-state index contributed by atoms with van der Waals surface area (Å²) in [7, 11) is 0. The minimum Gasteiger partial charge on any atom is -0.411 e. The smallest absolute Gasteiger partial charge is 0.411 e. The van der Waals surface area contributed by atoms with Crippen molar-refractivity contribution in [3.8, 4) is 0 Å². The van der Waals surface area contributed by atoms with Gasteiger partial charge in [-0.15, -0.1) is 0 Å². The predicted molar refractivity (Wildman–Crippen MR) is 36.9 cm³/mol. The largest absolute Gasteiger partial charge is 1.00 e. The van der Waals surface area contributed by atoms with E-state index in [1.54, 1.807) is 0 Å². The minimum absolute atomic E-state index is 0. The second kappa shape index (κ2) is 6.20. The minimum atomic E-state index is 0.